The van der Waals surface area contributed by atoms with Gasteiger partial charge in [-0.25, -0.2) is 9.97 Å². The Kier molecular flexibility index (Phi) is 6.00. The molecule has 0 aliphatic carbocycles. The van der Waals surface area contributed by atoms with Crippen molar-refractivity contribution in [1.82, 2.24) is 19.9 Å². The average molecular weight is 430 g/mol. The molecule has 1 aliphatic rings. The Morgan fingerprint density at radius 3 is 2.79 bits per heavy atom. The van der Waals surface area contributed by atoms with Crippen molar-refractivity contribution in [1.29, 1.82) is 0 Å². The summed E-state index contributed by atoms with van der Waals surface area (Å²) in [5.74, 6) is -0.184. The number of nitrogens with zero attached hydrogens (tertiary/aromatic N) is 4. The van der Waals surface area contributed by atoms with Crippen molar-refractivity contribution < 1.29 is 9.53 Å². The fourth-order valence-electron chi connectivity index (χ4n) is 3.44. The smallest absolute Gasteiger partial charge is 0.269 e. The second kappa shape index (κ2) is 8.66. The number of pyridine rings is 1. The van der Waals surface area contributed by atoms with Crippen LogP contribution < -0.4 is 5.32 Å². The van der Waals surface area contributed by atoms with Crippen LogP contribution in [0.5, 0.6) is 0 Å². The highest BCUT2D eigenvalue weighted by Gasteiger charge is 2.23. The molecule has 0 spiro atoms. The summed E-state index contributed by atoms with van der Waals surface area (Å²) >= 11 is 2.79. The molecule has 3 aromatic heterocycles. The van der Waals surface area contributed by atoms with E-state index in [2.05, 4.69) is 39.0 Å². The first-order valence-electron chi connectivity index (χ1n) is 9.50. The van der Waals surface area contributed by atoms with Crippen molar-refractivity contribution in [3.63, 3.8) is 0 Å². The number of nitrogens with one attached hydrogen (secondary N) is 1. The Balaban J connectivity index is 1.41. The van der Waals surface area contributed by atoms with Crippen molar-refractivity contribution >= 4 is 33.7 Å². The summed E-state index contributed by atoms with van der Waals surface area (Å²) in [7, 11) is 0. The van der Waals surface area contributed by atoms with Crippen molar-refractivity contribution in [3.05, 3.63) is 46.0 Å². The van der Waals surface area contributed by atoms with Crippen LogP contribution in [0.2, 0.25) is 0 Å². The number of hydrogen-bond acceptors (Lipinski definition) is 8. The summed E-state index contributed by atoms with van der Waals surface area (Å²) in [4.78, 5) is 29.1. The lowest BCUT2D eigenvalue weighted by molar-refractivity contribution is -0.0707. The van der Waals surface area contributed by atoms with Gasteiger partial charge in [0.25, 0.3) is 5.91 Å². The zero-order chi connectivity index (χ0) is 20.4. The zero-order valence-electron chi connectivity index (χ0n) is 16.6. The average Bonchev–Trinajstić information content (AvgIpc) is 3.28. The maximum atomic E-state index is 12.7. The third-order valence-corrected chi connectivity index (χ3v) is 6.53. The molecule has 1 amide bonds. The highest BCUT2D eigenvalue weighted by molar-refractivity contribution is 7.17. The normalized spacial score (nSPS) is 20.0. The molecule has 0 unspecified atom stereocenters. The number of hydrogen-bond donors (Lipinski definition) is 1. The van der Waals surface area contributed by atoms with Crippen molar-refractivity contribution in [3.8, 4) is 10.7 Å². The van der Waals surface area contributed by atoms with E-state index in [1.54, 1.807) is 6.20 Å². The molecule has 0 aromatic carbocycles. The minimum absolute atomic E-state index is 0.184. The predicted molar refractivity (Wildman–Crippen MR) is 115 cm³/mol. The number of amides is 1. The van der Waals surface area contributed by atoms with Gasteiger partial charge in [0, 0.05) is 31.2 Å². The van der Waals surface area contributed by atoms with Crippen molar-refractivity contribution in [2.45, 2.75) is 39.5 Å². The number of anilines is 1. The van der Waals surface area contributed by atoms with Crippen LogP contribution in [0.1, 0.15) is 34.9 Å². The van der Waals surface area contributed by atoms with E-state index < -0.39 is 0 Å². The lowest BCUT2D eigenvalue weighted by atomic mass is 10.2. The molecular formula is C20H23N5O2S2. The largest absolute Gasteiger partial charge is 0.373 e. The van der Waals surface area contributed by atoms with Crippen LogP contribution in [-0.4, -0.2) is 51.1 Å². The Hall–Kier alpha value is -2.20. The molecule has 3 aromatic rings. The quantitative estimate of drug-likeness (QED) is 0.664. The summed E-state index contributed by atoms with van der Waals surface area (Å²) in [6.45, 7) is 8.55. The molecule has 7 nitrogen and oxygen atoms in total. The summed E-state index contributed by atoms with van der Waals surface area (Å²) in [5, 5.41) is 6.26. The van der Waals surface area contributed by atoms with Crippen LogP contribution in [0.15, 0.2) is 29.8 Å². The van der Waals surface area contributed by atoms with Gasteiger partial charge in [-0.3, -0.25) is 20.0 Å². The van der Waals surface area contributed by atoms with Crippen LogP contribution in [0.25, 0.3) is 10.7 Å². The van der Waals surface area contributed by atoms with Crippen molar-refractivity contribution in [2.24, 2.45) is 0 Å². The molecular weight excluding hydrogens is 406 g/mol. The number of morpholine rings is 1. The first kappa shape index (κ1) is 20.1. The number of carbonyl (C=O) groups excluding carboxylic acids is 1. The van der Waals surface area contributed by atoms with E-state index >= 15 is 0 Å². The Bertz CT molecular complexity index is 978. The highest BCUT2D eigenvalue weighted by Crippen LogP contribution is 2.27. The van der Waals surface area contributed by atoms with Crippen LogP contribution in [0, 0.1) is 6.92 Å². The predicted octanol–water partition coefficient (Wildman–Crippen LogP) is 3.83. The Labute approximate surface area is 177 Å². The molecule has 1 N–H and O–H groups in total. The van der Waals surface area contributed by atoms with Gasteiger partial charge in [0.05, 0.1) is 29.3 Å². The van der Waals surface area contributed by atoms with Gasteiger partial charge in [-0.05, 0) is 32.9 Å². The van der Waals surface area contributed by atoms with Gasteiger partial charge in [0.15, 0.2) is 5.13 Å². The third kappa shape index (κ3) is 4.87. The van der Waals surface area contributed by atoms with Crippen LogP contribution in [0.4, 0.5) is 5.13 Å². The molecule has 0 radical (unpaired) electrons. The van der Waals surface area contributed by atoms with Gasteiger partial charge in [-0.2, -0.15) is 0 Å². The third-order valence-electron chi connectivity index (χ3n) is 4.54. The minimum Gasteiger partial charge on any atom is -0.373 e. The minimum atomic E-state index is -0.184. The van der Waals surface area contributed by atoms with Crippen LogP contribution >= 0.6 is 22.7 Å². The first-order valence-corrected chi connectivity index (χ1v) is 11.2. The van der Waals surface area contributed by atoms with E-state index in [4.69, 9.17) is 4.74 Å². The van der Waals surface area contributed by atoms with Gasteiger partial charge < -0.3 is 4.74 Å². The molecule has 9 heteroatoms. The standard InChI is InChI=1S/C20H23N5O2S2/c1-12-8-25(9-13(2)27-12)10-15-11-28-20(23-15)24-18(26)17-14(3)22-19(29-17)16-6-4-5-7-21-16/h4-7,11-13H,8-10H2,1-3H3,(H,23,24,26)/t12-,13-/m1/s1. The summed E-state index contributed by atoms with van der Waals surface area (Å²) in [5.41, 5.74) is 2.42. The monoisotopic (exact) mass is 429 g/mol. The van der Waals surface area contributed by atoms with E-state index in [0.717, 1.165) is 36.0 Å². The number of carbonyl (C=O) groups is 1. The lowest BCUT2D eigenvalue weighted by Gasteiger charge is -2.34. The number of ether oxygens (including phenoxy) is 1. The number of rotatable bonds is 5. The summed E-state index contributed by atoms with van der Waals surface area (Å²) in [6, 6.07) is 5.65. The van der Waals surface area contributed by atoms with Crippen LogP contribution in [-0.2, 0) is 11.3 Å². The molecule has 1 saturated heterocycles. The molecule has 1 fully saturated rings. The zero-order valence-corrected chi connectivity index (χ0v) is 18.2. The van der Waals surface area contributed by atoms with Gasteiger partial charge >= 0.3 is 0 Å². The fraction of sp³-hybridized carbons (Fsp3) is 0.400. The molecule has 4 heterocycles. The van der Waals surface area contributed by atoms with Gasteiger partial charge in [-0.15, -0.1) is 22.7 Å². The topological polar surface area (TPSA) is 80.2 Å². The Morgan fingerprint density at radius 2 is 2.07 bits per heavy atom. The Morgan fingerprint density at radius 1 is 1.28 bits per heavy atom. The second-order valence-corrected chi connectivity index (χ2v) is 9.06. The molecule has 0 bridgehead atoms. The summed E-state index contributed by atoms with van der Waals surface area (Å²) in [6.07, 6.45) is 2.16. The SMILES string of the molecule is Cc1nc(-c2ccccn2)sc1C(=O)Nc1nc(CN2C[C@@H](C)O[C@H](C)C2)cs1. The lowest BCUT2D eigenvalue weighted by Crippen LogP contribution is -2.44. The number of thiazole rings is 2. The van der Waals surface area contributed by atoms with Gasteiger partial charge in [0.1, 0.15) is 9.88 Å². The van der Waals surface area contributed by atoms with Gasteiger partial charge in [0.2, 0.25) is 0 Å². The van der Waals surface area contributed by atoms with Gasteiger partial charge in [-0.1, -0.05) is 6.07 Å². The maximum absolute atomic E-state index is 12.7. The van der Waals surface area contributed by atoms with E-state index in [1.807, 2.05) is 30.5 Å². The van der Waals surface area contributed by atoms with Crippen LogP contribution in [0.3, 0.4) is 0 Å². The summed E-state index contributed by atoms with van der Waals surface area (Å²) < 4.78 is 5.78. The fourth-order valence-corrected chi connectivity index (χ4v) is 5.07. The molecule has 29 heavy (non-hydrogen) atoms. The van der Waals surface area contributed by atoms with E-state index in [1.165, 1.54) is 22.7 Å². The van der Waals surface area contributed by atoms with E-state index in [0.29, 0.717) is 15.7 Å². The molecule has 1 aliphatic heterocycles. The number of aryl methyl sites for hydroxylation is 1. The van der Waals surface area contributed by atoms with Crippen molar-refractivity contribution in [2.75, 3.05) is 18.4 Å². The van der Waals surface area contributed by atoms with E-state index in [9.17, 15) is 4.79 Å². The molecule has 4 rings (SSSR count). The second-order valence-electron chi connectivity index (χ2n) is 7.20. The van der Waals surface area contributed by atoms with E-state index in [-0.39, 0.29) is 18.1 Å². The maximum Gasteiger partial charge on any atom is 0.269 e. The molecule has 152 valence electrons. The number of aromatic nitrogens is 3. The molecule has 2 atom stereocenters. The first-order chi connectivity index (χ1) is 14.0. The highest BCUT2D eigenvalue weighted by atomic mass is 32.1. The molecule has 0 saturated carbocycles.